The van der Waals surface area contributed by atoms with Crippen LogP contribution in [0.15, 0.2) is 143 Å². The molecule has 6 aromatic carbocycles. The van der Waals surface area contributed by atoms with E-state index in [0.717, 1.165) is 0 Å². The number of hydrogen-bond acceptors (Lipinski definition) is 11. The largest absolute Gasteiger partial charge is 0.457 e. The summed E-state index contributed by atoms with van der Waals surface area (Å²) in [5.41, 5.74) is 13.4. The van der Waals surface area contributed by atoms with Crippen molar-refractivity contribution in [2.45, 2.75) is 9.79 Å². The maximum absolute atomic E-state index is 13.7. The van der Waals surface area contributed by atoms with Gasteiger partial charge in [0, 0.05) is 22.5 Å². The topological polar surface area (TPSA) is 223 Å². The standard InChI is InChI=1S/C38H28N2O11S2/c39-25-5-19-35(33(21-25)37(41)23-1-7-27(8-2-23)49-29-11-15-31(16-12-29)52(43,44)45)51-36-20-6-26(40)22-34(36)38(42)24-3-9-28(10-4-24)50-30-13-17-32(18-14-30)53(46,47)48/h1-22H,39-40H2,(H,43,44,45)(H,46,47,48). The van der Waals surface area contributed by atoms with Crippen molar-refractivity contribution in [2.75, 3.05) is 11.5 Å². The number of rotatable bonds is 12. The SMILES string of the molecule is Nc1ccc(Oc2ccc(N)cc2C(=O)c2ccc(Oc3ccc(S(=O)(=O)O)cc3)cc2)c(C(=O)c2ccc(Oc3ccc(S(=O)(=O)O)cc3)cc2)c1. The first-order chi connectivity index (χ1) is 25.1. The van der Waals surface area contributed by atoms with E-state index in [1.807, 2.05) is 0 Å². The molecule has 0 bridgehead atoms. The lowest BCUT2D eigenvalue weighted by molar-refractivity contribution is 0.103. The predicted octanol–water partition coefficient (Wildman–Crippen LogP) is 7.18. The maximum atomic E-state index is 13.7. The molecule has 53 heavy (non-hydrogen) atoms. The zero-order valence-corrected chi connectivity index (χ0v) is 28.9. The highest BCUT2D eigenvalue weighted by Gasteiger charge is 2.21. The minimum Gasteiger partial charge on any atom is -0.457 e. The molecule has 0 saturated carbocycles. The lowest BCUT2D eigenvalue weighted by Gasteiger charge is -2.15. The van der Waals surface area contributed by atoms with Crippen LogP contribution in [0.5, 0.6) is 34.5 Å². The van der Waals surface area contributed by atoms with Gasteiger partial charge in [-0.1, -0.05) is 0 Å². The van der Waals surface area contributed by atoms with Gasteiger partial charge in [0.05, 0.1) is 20.9 Å². The molecule has 13 nitrogen and oxygen atoms in total. The van der Waals surface area contributed by atoms with Crippen molar-refractivity contribution in [3.8, 4) is 34.5 Å². The summed E-state index contributed by atoms with van der Waals surface area (Å²) in [4.78, 5) is 26.9. The number of ether oxygens (including phenoxy) is 3. The molecule has 0 aromatic heterocycles. The molecule has 6 N–H and O–H groups in total. The van der Waals surface area contributed by atoms with Crippen LogP contribution in [0.2, 0.25) is 0 Å². The summed E-state index contributed by atoms with van der Waals surface area (Å²) in [6.45, 7) is 0. The molecule has 0 radical (unpaired) electrons. The number of hydrogen-bond donors (Lipinski definition) is 4. The molecule has 0 aliphatic heterocycles. The molecule has 0 saturated heterocycles. The molecular formula is C38H28N2O11S2. The minimum absolute atomic E-state index is 0.112. The lowest BCUT2D eigenvalue weighted by Crippen LogP contribution is -2.08. The zero-order valence-electron chi connectivity index (χ0n) is 27.2. The molecule has 0 aliphatic rings. The first-order valence-electron chi connectivity index (χ1n) is 15.4. The van der Waals surface area contributed by atoms with Gasteiger partial charge in [-0.3, -0.25) is 18.7 Å². The highest BCUT2D eigenvalue weighted by molar-refractivity contribution is 7.86. The van der Waals surface area contributed by atoms with Crippen molar-refractivity contribution < 1.29 is 49.7 Å². The summed E-state index contributed by atoms with van der Waals surface area (Å²) in [5.74, 6) is 0.649. The van der Waals surface area contributed by atoms with Crippen LogP contribution in [0, 0.1) is 0 Å². The van der Waals surface area contributed by atoms with Gasteiger partial charge in [-0.15, -0.1) is 0 Å². The molecule has 6 rings (SSSR count). The lowest BCUT2D eigenvalue weighted by atomic mass is 10.0. The Bertz CT molecular complexity index is 2380. The van der Waals surface area contributed by atoms with Crippen LogP contribution in [-0.4, -0.2) is 37.5 Å². The van der Waals surface area contributed by atoms with E-state index < -0.39 is 31.8 Å². The number of benzene rings is 6. The normalized spacial score (nSPS) is 11.4. The molecule has 15 heteroatoms. The van der Waals surface area contributed by atoms with Gasteiger partial charge in [-0.25, -0.2) is 0 Å². The number of anilines is 2. The van der Waals surface area contributed by atoms with E-state index in [1.165, 1.54) is 97.1 Å². The first kappa shape index (κ1) is 36.3. The van der Waals surface area contributed by atoms with Gasteiger partial charge in [-0.2, -0.15) is 16.8 Å². The fourth-order valence-electron chi connectivity index (χ4n) is 5.04. The Morgan fingerprint density at radius 3 is 1.04 bits per heavy atom. The summed E-state index contributed by atoms with van der Waals surface area (Å²) >= 11 is 0. The highest BCUT2D eigenvalue weighted by atomic mass is 32.2. The molecule has 0 aliphatic carbocycles. The summed E-state index contributed by atoms with van der Waals surface area (Å²) < 4.78 is 81.2. The van der Waals surface area contributed by atoms with Crippen LogP contribution in [-0.2, 0) is 20.2 Å². The van der Waals surface area contributed by atoms with Gasteiger partial charge >= 0.3 is 0 Å². The van der Waals surface area contributed by atoms with Crippen molar-refractivity contribution in [3.05, 3.63) is 156 Å². The van der Waals surface area contributed by atoms with Gasteiger partial charge in [0.15, 0.2) is 11.6 Å². The third-order valence-electron chi connectivity index (χ3n) is 7.66. The number of nitrogens with two attached hydrogens (primary N) is 2. The Balaban J connectivity index is 1.20. The molecule has 6 aromatic rings. The van der Waals surface area contributed by atoms with Crippen molar-refractivity contribution in [1.29, 1.82) is 0 Å². The van der Waals surface area contributed by atoms with E-state index in [0.29, 0.717) is 34.4 Å². The number of nitrogen functional groups attached to an aromatic ring is 2. The molecule has 268 valence electrons. The van der Waals surface area contributed by atoms with Crippen LogP contribution in [0.1, 0.15) is 31.8 Å². The second-order valence-electron chi connectivity index (χ2n) is 11.4. The molecule has 0 heterocycles. The quantitative estimate of drug-likeness (QED) is 0.0553. The second kappa shape index (κ2) is 14.6. The number of ketones is 2. The average Bonchev–Trinajstić information content (AvgIpc) is 3.13. The third-order valence-corrected chi connectivity index (χ3v) is 9.40. The molecule has 0 spiro atoms. The zero-order chi connectivity index (χ0) is 37.9. The summed E-state index contributed by atoms with van der Waals surface area (Å²) in [7, 11) is -8.71. The smallest absolute Gasteiger partial charge is 0.294 e. The van der Waals surface area contributed by atoms with E-state index in [-0.39, 0.29) is 43.5 Å². The minimum atomic E-state index is -4.35. The Morgan fingerprint density at radius 1 is 0.434 bits per heavy atom. The Morgan fingerprint density at radius 2 is 0.736 bits per heavy atom. The molecule has 0 atom stereocenters. The van der Waals surface area contributed by atoms with Crippen LogP contribution >= 0.6 is 0 Å². The van der Waals surface area contributed by atoms with E-state index in [1.54, 1.807) is 36.4 Å². The maximum Gasteiger partial charge on any atom is 0.294 e. The first-order valence-corrected chi connectivity index (χ1v) is 18.3. The van der Waals surface area contributed by atoms with Gasteiger partial charge in [0.1, 0.15) is 34.5 Å². The molecule has 0 amide bonds. The second-order valence-corrected chi connectivity index (χ2v) is 14.3. The van der Waals surface area contributed by atoms with E-state index in [4.69, 9.17) is 25.7 Å². The fourth-order valence-corrected chi connectivity index (χ4v) is 6.00. The van der Waals surface area contributed by atoms with Crippen LogP contribution in [0.25, 0.3) is 0 Å². The highest BCUT2D eigenvalue weighted by Crippen LogP contribution is 2.34. The van der Waals surface area contributed by atoms with Crippen molar-refractivity contribution >= 4 is 43.2 Å². The third kappa shape index (κ3) is 8.69. The number of carbonyl (C=O) groups excluding carboxylic acids is 2. The van der Waals surface area contributed by atoms with E-state index in [9.17, 15) is 35.5 Å². The molecule has 0 unspecified atom stereocenters. The number of carbonyl (C=O) groups is 2. The summed E-state index contributed by atoms with van der Waals surface area (Å²) in [6.07, 6.45) is 0. The summed E-state index contributed by atoms with van der Waals surface area (Å²) in [6, 6.07) is 31.6. The van der Waals surface area contributed by atoms with E-state index in [2.05, 4.69) is 0 Å². The molecular weight excluding hydrogens is 725 g/mol. The van der Waals surface area contributed by atoms with Crippen LogP contribution < -0.4 is 25.7 Å². The summed E-state index contributed by atoms with van der Waals surface area (Å²) in [5, 5.41) is 0. The molecule has 0 fully saturated rings. The van der Waals surface area contributed by atoms with E-state index >= 15 is 0 Å². The monoisotopic (exact) mass is 752 g/mol. The van der Waals surface area contributed by atoms with Gasteiger partial charge in [0.2, 0.25) is 0 Å². The van der Waals surface area contributed by atoms with Crippen molar-refractivity contribution in [1.82, 2.24) is 0 Å². The Kier molecular flexibility index (Phi) is 10.00. The fraction of sp³-hybridized carbons (Fsp3) is 0. The van der Waals surface area contributed by atoms with Crippen molar-refractivity contribution in [3.63, 3.8) is 0 Å². The Hall–Kier alpha value is -6.52. The Labute approximate surface area is 303 Å². The average molecular weight is 753 g/mol. The van der Waals surface area contributed by atoms with Gasteiger partial charge < -0.3 is 25.7 Å². The van der Waals surface area contributed by atoms with Gasteiger partial charge in [-0.05, 0) is 133 Å². The van der Waals surface area contributed by atoms with Crippen LogP contribution in [0.3, 0.4) is 0 Å². The van der Waals surface area contributed by atoms with Gasteiger partial charge in [0.25, 0.3) is 20.2 Å². The van der Waals surface area contributed by atoms with Crippen LogP contribution in [0.4, 0.5) is 11.4 Å². The predicted molar refractivity (Wildman–Crippen MR) is 194 cm³/mol. The van der Waals surface area contributed by atoms with Crippen molar-refractivity contribution in [2.24, 2.45) is 0 Å².